The molecule has 6 nitrogen and oxygen atoms in total. The van der Waals surface area contributed by atoms with Gasteiger partial charge in [-0.3, -0.25) is 9.59 Å². The molecule has 2 amide bonds. The molecule has 0 aliphatic rings. The summed E-state index contributed by atoms with van der Waals surface area (Å²) in [5.41, 5.74) is 3.71. The zero-order valence-electron chi connectivity index (χ0n) is 16.0. The van der Waals surface area contributed by atoms with Gasteiger partial charge in [0.25, 0.3) is 5.91 Å². The average Bonchev–Trinajstić information content (AvgIpc) is 3.12. The number of nitrogens with one attached hydrogen (secondary N) is 3. The molecule has 0 saturated heterocycles. The molecule has 0 unspecified atom stereocenters. The largest absolute Gasteiger partial charge is 0.354 e. The quantitative estimate of drug-likeness (QED) is 0.402. The number of aromatic nitrogens is 2. The molecule has 7 heteroatoms. The lowest BCUT2D eigenvalue weighted by Crippen LogP contribution is -2.36. The lowest BCUT2D eigenvalue weighted by Gasteiger charge is -2.09. The summed E-state index contributed by atoms with van der Waals surface area (Å²) >= 11 is 1.63. The van der Waals surface area contributed by atoms with Crippen molar-refractivity contribution in [3.8, 4) is 0 Å². The molecule has 3 rings (SSSR count). The zero-order chi connectivity index (χ0) is 19.9. The zero-order valence-corrected chi connectivity index (χ0v) is 16.8. The molecule has 2 aromatic carbocycles. The van der Waals surface area contributed by atoms with Crippen LogP contribution in [0.15, 0.2) is 53.7 Å². The van der Waals surface area contributed by atoms with Gasteiger partial charge in [0.15, 0.2) is 5.16 Å². The van der Waals surface area contributed by atoms with Gasteiger partial charge < -0.3 is 15.6 Å². The van der Waals surface area contributed by atoms with Crippen LogP contribution in [0.25, 0.3) is 11.0 Å². The standard InChI is InChI=1S/C21H24N4O2S/c1-14(2)19(26)22-11-12-23-20(27)16-9-7-15(8-10-16)13-28-21-24-17-5-3-4-6-18(17)25-21/h3-10,14H,11-13H2,1-2H3,(H,22,26)(H,23,27)(H,24,25). The summed E-state index contributed by atoms with van der Waals surface area (Å²) in [6.45, 7) is 4.50. The first-order chi connectivity index (χ1) is 13.5. The fourth-order valence-corrected chi connectivity index (χ4v) is 3.41. The second-order valence-electron chi connectivity index (χ2n) is 6.75. The van der Waals surface area contributed by atoms with Gasteiger partial charge in [-0.05, 0) is 29.8 Å². The molecular formula is C21H24N4O2S. The molecule has 3 N–H and O–H groups in total. The van der Waals surface area contributed by atoms with Crippen molar-refractivity contribution >= 4 is 34.6 Å². The van der Waals surface area contributed by atoms with E-state index >= 15 is 0 Å². The number of fused-ring (bicyclic) bond motifs is 1. The lowest BCUT2D eigenvalue weighted by atomic mass is 10.1. The molecule has 146 valence electrons. The Morgan fingerprint density at radius 3 is 2.46 bits per heavy atom. The maximum Gasteiger partial charge on any atom is 0.251 e. The van der Waals surface area contributed by atoms with Crippen molar-refractivity contribution in [2.24, 2.45) is 5.92 Å². The second-order valence-corrected chi connectivity index (χ2v) is 7.71. The first-order valence-corrected chi connectivity index (χ1v) is 10.2. The van der Waals surface area contributed by atoms with Crippen molar-refractivity contribution in [2.75, 3.05) is 13.1 Å². The number of H-pyrrole nitrogens is 1. The molecule has 0 radical (unpaired) electrons. The van der Waals surface area contributed by atoms with E-state index in [1.165, 1.54) is 0 Å². The third-order valence-corrected chi connectivity index (χ3v) is 5.14. The molecule has 0 saturated carbocycles. The number of para-hydroxylation sites is 2. The highest BCUT2D eigenvalue weighted by molar-refractivity contribution is 7.98. The smallest absolute Gasteiger partial charge is 0.251 e. The Hall–Kier alpha value is -2.80. The number of thioether (sulfide) groups is 1. The summed E-state index contributed by atoms with van der Waals surface area (Å²) in [6.07, 6.45) is 0. The Kier molecular flexibility index (Phi) is 6.71. The number of benzene rings is 2. The number of carbonyl (C=O) groups excluding carboxylic acids is 2. The van der Waals surface area contributed by atoms with E-state index in [2.05, 4.69) is 20.6 Å². The highest BCUT2D eigenvalue weighted by atomic mass is 32.2. The number of carbonyl (C=O) groups is 2. The molecular weight excluding hydrogens is 372 g/mol. The first kappa shape index (κ1) is 19.9. The SMILES string of the molecule is CC(C)C(=O)NCCNC(=O)c1ccc(CSc2nc3ccccc3[nH]2)cc1. The summed E-state index contributed by atoms with van der Waals surface area (Å²) in [5, 5.41) is 6.47. The topological polar surface area (TPSA) is 86.9 Å². The second kappa shape index (κ2) is 9.41. The van der Waals surface area contributed by atoms with Crippen LogP contribution in [-0.4, -0.2) is 34.9 Å². The van der Waals surface area contributed by atoms with E-state index in [-0.39, 0.29) is 17.7 Å². The van der Waals surface area contributed by atoms with Crippen LogP contribution < -0.4 is 10.6 Å². The monoisotopic (exact) mass is 396 g/mol. The van der Waals surface area contributed by atoms with E-state index in [1.54, 1.807) is 11.8 Å². The molecule has 1 aromatic heterocycles. The lowest BCUT2D eigenvalue weighted by molar-refractivity contribution is -0.123. The maximum atomic E-state index is 12.2. The molecule has 0 atom stereocenters. The molecule has 28 heavy (non-hydrogen) atoms. The normalized spacial score (nSPS) is 11.0. The van der Waals surface area contributed by atoms with Crippen molar-refractivity contribution in [3.63, 3.8) is 0 Å². The minimum Gasteiger partial charge on any atom is -0.354 e. The maximum absolute atomic E-state index is 12.2. The van der Waals surface area contributed by atoms with Gasteiger partial charge in [-0.25, -0.2) is 4.98 Å². The van der Waals surface area contributed by atoms with Crippen molar-refractivity contribution in [1.29, 1.82) is 0 Å². The summed E-state index contributed by atoms with van der Waals surface area (Å²) in [6, 6.07) is 15.5. The van der Waals surface area contributed by atoms with Crippen LogP contribution in [0.3, 0.4) is 0 Å². The number of hydrogen-bond acceptors (Lipinski definition) is 4. The van der Waals surface area contributed by atoms with Crippen LogP contribution >= 0.6 is 11.8 Å². The van der Waals surface area contributed by atoms with Crippen LogP contribution in [0.2, 0.25) is 0 Å². The van der Waals surface area contributed by atoms with Crippen LogP contribution in [0.1, 0.15) is 29.8 Å². The predicted molar refractivity (Wildman–Crippen MR) is 112 cm³/mol. The molecule has 0 fully saturated rings. The van der Waals surface area contributed by atoms with E-state index in [1.807, 2.05) is 62.4 Å². The molecule has 0 bridgehead atoms. The number of aromatic amines is 1. The molecule has 0 spiro atoms. The van der Waals surface area contributed by atoms with Gasteiger partial charge in [0.05, 0.1) is 11.0 Å². The Labute approximate surface area is 168 Å². The molecule has 0 aliphatic heterocycles. The summed E-state index contributed by atoms with van der Waals surface area (Å²) in [4.78, 5) is 31.5. The van der Waals surface area contributed by atoms with Crippen molar-refractivity contribution in [1.82, 2.24) is 20.6 Å². The Morgan fingerprint density at radius 2 is 1.75 bits per heavy atom. The average molecular weight is 397 g/mol. The van der Waals surface area contributed by atoms with Gasteiger partial charge in [-0.1, -0.05) is 49.9 Å². The number of amides is 2. The van der Waals surface area contributed by atoms with Crippen LogP contribution in [0.4, 0.5) is 0 Å². The Bertz CT molecular complexity index is 917. The van der Waals surface area contributed by atoms with Gasteiger partial charge in [0.1, 0.15) is 0 Å². The first-order valence-electron chi connectivity index (χ1n) is 9.25. The van der Waals surface area contributed by atoms with E-state index in [4.69, 9.17) is 0 Å². The van der Waals surface area contributed by atoms with Gasteiger partial charge in [0.2, 0.25) is 5.91 Å². The van der Waals surface area contributed by atoms with Gasteiger partial charge in [0, 0.05) is 30.3 Å². The van der Waals surface area contributed by atoms with Crippen molar-refractivity contribution in [2.45, 2.75) is 24.8 Å². The summed E-state index contributed by atoms with van der Waals surface area (Å²) in [5.74, 6) is 0.555. The number of imidazole rings is 1. The van der Waals surface area contributed by atoms with Gasteiger partial charge in [-0.15, -0.1) is 0 Å². The summed E-state index contributed by atoms with van der Waals surface area (Å²) < 4.78 is 0. The molecule has 0 aliphatic carbocycles. The van der Waals surface area contributed by atoms with Gasteiger partial charge in [-0.2, -0.15) is 0 Å². The van der Waals surface area contributed by atoms with Crippen molar-refractivity contribution in [3.05, 3.63) is 59.7 Å². The Morgan fingerprint density at radius 1 is 1.04 bits per heavy atom. The fourth-order valence-electron chi connectivity index (χ4n) is 2.57. The van der Waals surface area contributed by atoms with Gasteiger partial charge >= 0.3 is 0 Å². The fraction of sp³-hybridized carbons (Fsp3) is 0.286. The minimum atomic E-state index is -0.143. The number of nitrogens with zero attached hydrogens (tertiary/aromatic N) is 1. The van der Waals surface area contributed by atoms with E-state index in [0.717, 1.165) is 27.5 Å². The van der Waals surface area contributed by atoms with Crippen molar-refractivity contribution < 1.29 is 9.59 Å². The third kappa shape index (κ3) is 5.36. The van der Waals surface area contributed by atoms with Crippen LogP contribution in [-0.2, 0) is 10.5 Å². The molecule has 3 aromatic rings. The van der Waals surface area contributed by atoms with Crippen LogP contribution in [0, 0.1) is 5.92 Å². The minimum absolute atomic E-state index is 0.0134. The van der Waals surface area contributed by atoms with E-state index in [9.17, 15) is 9.59 Å². The summed E-state index contributed by atoms with van der Waals surface area (Å²) in [7, 11) is 0. The van der Waals surface area contributed by atoms with E-state index in [0.29, 0.717) is 18.7 Å². The number of rotatable bonds is 8. The molecule has 1 heterocycles. The highest BCUT2D eigenvalue weighted by Gasteiger charge is 2.08. The predicted octanol–water partition coefficient (Wildman–Crippen LogP) is 3.36. The van der Waals surface area contributed by atoms with Crippen LogP contribution in [0.5, 0.6) is 0 Å². The van der Waals surface area contributed by atoms with E-state index < -0.39 is 0 Å². The Balaban J connectivity index is 1.46. The highest BCUT2D eigenvalue weighted by Crippen LogP contribution is 2.23. The number of hydrogen-bond donors (Lipinski definition) is 3. The third-order valence-electron chi connectivity index (χ3n) is 4.19.